The van der Waals surface area contributed by atoms with Gasteiger partial charge in [-0.3, -0.25) is 4.79 Å². The van der Waals surface area contributed by atoms with E-state index < -0.39 is 5.82 Å². The summed E-state index contributed by atoms with van der Waals surface area (Å²) < 4.78 is 13.0. The normalized spacial score (nSPS) is 11.0. The fourth-order valence-corrected chi connectivity index (χ4v) is 2.10. The Labute approximate surface area is 115 Å². The number of aromatic amines is 1. The molecule has 0 aliphatic heterocycles. The zero-order chi connectivity index (χ0) is 14.0. The van der Waals surface area contributed by atoms with Crippen LogP contribution >= 0.6 is 11.6 Å². The number of hydrogen-bond donors (Lipinski definition) is 1. The number of hydrogen-bond acceptors (Lipinski definition) is 2. The van der Waals surface area contributed by atoms with Crippen LogP contribution in [-0.2, 0) is 6.42 Å². The maximum atomic E-state index is 13.0. The Hall–Kier alpha value is -1.68. The standard InChI is InChI=1S/C14H14ClFN2O/c1-8(2)5-10-7-13(19)18-14(17-10)11-4-3-9(16)6-12(11)15/h3-4,6-8H,5H2,1-2H3,(H,17,18,19). The molecule has 1 N–H and O–H groups in total. The van der Waals surface area contributed by atoms with E-state index in [2.05, 4.69) is 9.97 Å². The lowest BCUT2D eigenvalue weighted by molar-refractivity contribution is 0.628. The molecule has 1 heterocycles. The zero-order valence-electron chi connectivity index (χ0n) is 10.7. The molecule has 0 aliphatic rings. The Morgan fingerprint density at radius 3 is 2.74 bits per heavy atom. The van der Waals surface area contributed by atoms with Crippen molar-refractivity contribution in [2.24, 2.45) is 5.92 Å². The Bertz CT molecular complexity index is 652. The van der Waals surface area contributed by atoms with Gasteiger partial charge in [-0.15, -0.1) is 0 Å². The van der Waals surface area contributed by atoms with Crippen molar-refractivity contribution >= 4 is 11.6 Å². The van der Waals surface area contributed by atoms with E-state index in [9.17, 15) is 9.18 Å². The highest BCUT2D eigenvalue weighted by Gasteiger charge is 2.09. The van der Waals surface area contributed by atoms with Crippen LogP contribution in [0, 0.1) is 11.7 Å². The van der Waals surface area contributed by atoms with Crippen LogP contribution in [0.25, 0.3) is 11.4 Å². The van der Waals surface area contributed by atoms with Gasteiger partial charge in [-0.1, -0.05) is 25.4 Å². The summed E-state index contributed by atoms with van der Waals surface area (Å²) >= 11 is 5.97. The van der Waals surface area contributed by atoms with Crippen LogP contribution in [0.2, 0.25) is 5.02 Å². The van der Waals surface area contributed by atoms with Gasteiger partial charge in [-0.05, 0) is 30.5 Å². The number of H-pyrrole nitrogens is 1. The fraction of sp³-hybridized carbons (Fsp3) is 0.286. The van der Waals surface area contributed by atoms with Gasteiger partial charge >= 0.3 is 0 Å². The van der Waals surface area contributed by atoms with E-state index >= 15 is 0 Å². The fourth-order valence-electron chi connectivity index (χ4n) is 1.84. The van der Waals surface area contributed by atoms with Gasteiger partial charge in [0.1, 0.15) is 11.6 Å². The lowest BCUT2D eigenvalue weighted by atomic mass is 10.1. The van der Waals surface area contributed by atoms with E-state index in [1.807, 2.05) is 13.8 Å². The molecule has 2 rings (SSSR count). The highest BCUT2D eigenvalue weighted by Crippen LogP contribution is 2.25. The van der Waals surface area contributed by atoms with Crippen molar-refractivity contribution in [3.05, 3.63) is 51.2 Å². The third-order valence-electron chi connectivity index (χ3n) is 2.60. The summed E-state index contributed by atoms with van der Waals surface area (Å²) in [6, 6.07) is 5.47. The van der Waals surface area contributed by atoms with Crippen LogP contribution in [-0.4, -0.2) is 9.97 Å². The average molecular weight is 281 g/mol. The molecular weight excluding hydrogens is 267 g/mol. The molecule has 0 unspecified atom stereocenters. The Morgan fingerprint density at radius 2 is 2.11 bits per heavy atom. The summed E-state index contributed by atoms with van der Waals surface area (Å²) in [5.41, 5.74) is 0.987. The number of nitrogens with zero attached hydrogens (tertiary/aromatic N) is 1. The first-order chi connectivity index (χ1) is 8.95. The lowest BCUT2D eigenvalue weighted by Crippen LogP contribution is -2.12. The highest BCUT2D eigenvalue weighted by molar-refractivity contribution is 6.33. The molecule has 3 nitrogen and oxygen atoms in total. The highest BCUT2D eigenvalue weighted by atomic mass is 35.5. The van der Waals surface area contributed by atoms with Crippen LogP contribution in [0.1, 0.15) is 19.5 Å². The monoisotopic (exact) mass is 280 g/mol. The van der Waals surface area contributed by atoms with E-state index in [0.29, 0.717) is 29.4 Å². The molecule has 0 aliphatic carbocycles. The van der Waals surface area contributed by atoms with E-state index in [1.165, 1.54) is 24.3 Å². The van der Waals surface area contributed by atoms with Crippen LogP contribution in [0.3, 0.4) is 0 Å². The molecule has 0 atom stereocenters. The van der Waals surface area contributed by atoms with Crippen molar-refractivity contribution < 1.29 is 4.39 Å². The number of aromatic nitrogens is 2. The Balaban J connectivity index is 2.50. The first kappa shape index (κ1) is 13.7. The van der Waals surface area contributed by atoms with Crippen molar-refractivity contribution in [2.45, 2.75) is 20.3 Å². The topological polar surface area (TPSA) is 45.8 Å². The molecule has 0 bridgehead atoms. The second-order valence-electron chi connectivity index (χ2n) is 4.81. The molecule has 0 saturated heterocycles. The quantitative estimate of drug-likeness (QED) is 0.936. The van der Waals surface area contributed by atoms with Gasteiger partial charge < -0.3 is 4.98 Å². The third-order valence-corrected chi connectivity index (χ3v) is 2.91. The number of benzene rings is 1. The molecule has 1 aromatic heterocycles. The number of nitrogens with one attached hydrogen (secondary N) is 1. The van der Waals surface area contributed by atoms with Gasteiger partial charge in [0, 0.05) is 17.3 Å². The molecule has 0 fully saturated rings. The summed E-state index contributed by atoms with van der Waals surface area (Å²) in [7, 11) is 0. The van der Waals surface area contributed by atoms with E-state index in [0.717, 1.165) is 0 Å². The minimum atomic E-state index is -0.422. The first-order valence-corrected chi connectivity index (χ1v) is 6.39. The van der Waals surface area contributed by atoms with Crippen molar-refractivity contribution in [1.29, 1.82) is 0 Å². The predicted molar refractivity (Wildman–Crippen MR) is 73.8 cm³/mol. The first-order valence-electron chi connectivity index (χ1n) is 6.01. The summed E-state index contributed by atoms with van der Waals surface area (Å²) in [5, 5.41) is 0.227. The molecule has 19 heavy (non-hydrogen) atoms. The van der Waals surface area contributed by atoms with Crippen molar-refractivity contribution in [2.75, 3.05) is 0 Å². The van der Waals surface area contributed by atoms with Crippen LogP contribution in [0.4, 0.5) is 4.39 Å². The number of rotatable bonds is 3. The van der Waals surface area contributed by atoms with Crippen molar-refractivity contribution in [3.63, 3.8) is 0 Å². The van der Waals surface area contributed by atoms with Crippen LogP contribution in [0.15, 0.2) is 29.1 Å². The summed E-state index contributed by atoms with van der Waals surface area (Å²) in [5.74, 6) is 0.341. The van der Waals surface area contributed by atoms with E-state index in [-0.39, 0.29) is 10.6 Å². The predicted octanol–water partition coefficient (Wildman–Crippen LogP) is 3.43. The Kier molecular flexibility index (Phi) is 4.00. The van der Waals surface area contributed by atoms with Crippen molar-refractivity contribution in [1.82, 2.24) is 9.97 Å². The second-order valence-corrected chi connectivity index (χ2v) is 5.21. The maximum absolute atomic E-state index is 13.0. The van der Waals surface area contributed by atoms with E-state index in [4.69, 9.17) is 11.6 Å². The van der Waals surface area contributed by atoms with Gasteiger partial charge in [0.15, 0.2) is 0 Å². The van der Waals surface area contributed by atoms with Gasteiger partial charge in [0.25, 0.3) is 5.56 Å². The van der Waals surface area contributed by atoms with Gasteiger partial charge in [0.05, 0.1) is 5.02 Å². The third kappa shape index (κ3) is 3.41. The minimum Gasteiger partial charge on any atom is -0.306 e. The average Bonchev–Trinajstić information content (AvgIpc) is 2.26. The molecule has 5 heteroatoms. The smallest absolute Gasteiger partial charge is 0.251 e. The van der Waals surface area contributed by atoms with Crippen LogP contribution < -0.4 is 5.56 Å². The molecule has 0 radical (unpaired) electrons. The summed E-state index contributed by atoms with van der Waals surface area (Å²) in [6.45, 7) is 4.10. The summed E-state index contributed by atoms with van der Waals surface area (Å²) in [6.07, 6.45) is 0.704. The van der Waals surface area contributed by atoms with Gasteiger partial charge in [-0.25, -0.2) is 9.37 Å². The molecule has 0 spiro atoms. The Morgan fingerprint density at radius 1 is 1.37 bits per heavy atom. The molecule has 1 aromatic carbocycles. The number of halogens is 2. The zero-order valence-corrected chi connectivity index (χ0v) is 11.5. The minimum absolute atomic E-state index is 0.227. The SMILES string of the molecule is CC(C)Cc1cc(=O)[nH]c(-c2ccc(F)cc2Cl)n1. The molecule has 2 aromatic rings. The van der Waals surface area contributed by atoms with Gasteiger partial charge in [-0.2, -0.15) is 0 Å². The summed E-state index contributed by atoms with van der Waals surface area (Å²) in [4.78, 5) is 18.6. The maximum Gasteiger partial charge on any atom is 0.251 e. The second kappa shape index (κ2) is 5.53. The molecule has 0 saturated carbocycles. The van der Waals surface area contributed by atoms with Gasteiger partial charge in [0.2, 0.25) is 0 Å². The van der Waals surface area contributed by atoms with Crippen molar-refractivity contribution in [3.8, 4) is 11.4 Å². The van der Waals surface area contributed by atoms with Crippen LogP contribution in [0.5, 0.6) is 0 Å². The largest absolute Gasteiger partial charge is 0.306 e. The lowest BCUT2D eigenvalue weighted by Gasteiger charge is -2.07. The molecular formula is C14H14ClFN2O. The molecule has 0 amide bonds. The molecule has 100 valence electrons. The van der Waals surface area contributed by atoms with E-state index in [1.54, 1.807) is 0 Å².